The molecule has 3 aromatic rings. The molecule has 0 aliphatic carbocycles. The lowest BCUT2D eigenvalue weighted by molar-refractivity contribution is 0.508. The number of hydrogen-bond acceptors (Lipinski definition) is 1. The maximum Gasteiger partial charge on any atom is 0.184 e. The Morgan fingerprint density at radius 2 is 2.00 bits per heavy atom. The number of hydrogen-bond donors (Lipinski definition) is 1. The summed E-state index contributed by atoms with van der Waals surface area (Å²) in [6.45, 7) is 1.90. The van der Waals surface area contributed by atoms with Crippen LogP contribution in [0.4, 0.5) is 8.78 Å². The van der Waals surface area contributed by atoms with Gasteiger partial charge in [0.25, 0.3) is 0 Å². The summed E-state index contributed by atoms with van der Waals surface area (Å²) in [6.07, 6.45) is 0. The van der Waals surface area contributed by atoms with E-state index < -0.39 is 11.6 Å². The van der Waals surface area contributed by atoms with E-state index in [0.29, 0.717) is 10.3 Å². The molecule has 1 heterocycles. The molecule has 1 unspecified atom stereocenters. The number of fused-ring (bicyclic) bond motifs is 1. The Morgan fingerprint density at radius 3 is 2.71 bits per heavy atom. The number of nitrogens with one attached hydrogen (secondary N) is 1. The predicted molar refractivity (Wildman–Crippen MR) is 85.0 cm³/mol. The van der Waals surface area contributed by atoms with E-state index in [1.54, 1.807) is 4.57 Å². The number of imidazole rings is 1. The van der Waals surface area contributed by atoms with Crippen LogP contribution in [0.5, 0.6) is 0 Å². The molecular weight excluding hydrogens is 358 g/mol. The molecule has 0 bridgehead atoms. The third kappa shape index (κ3) is 2.42. The van der Waals surface area contributed by atoms with Crippen LogP contribution in [0, 0.1) is 16.4 Å². The summed E-state index contributed by atoms with van der Waals surface area (Å²) in [5, 5.41) is 0. The Labute approximate surface area is 133 Å². The summed E-state index contributed by atoms with van der Waals surface area (Å²) >= 11 is 8.68. The summed E-state index contributed by atoms with van der Waals surface area (Å²) < 4.78 is 30.6. The SMILES string of the molecule is CC(c1cccc(Br)c1)n1c(=S)[nH]c2ccc(F)c(F)c21. The molecule has 1 atom stereocenters. The van der Waals surface area contributed by atoms with Crippen molar-refractivity contribution in [2.75, 3.05) is 0 Å². The van der Waals surface area contributed by atoms with E-state index in [1.165, 1.54) is 6.07 Å². The number of halogens is 3. The monoisotopic (exact) mass is 368 g/mol. The van der Waals surface area contributed by atoms with Crippen molar-refractivity contribution < 1.29 is 8.78 Å². The van der Waals surface area contributed by atoms with Gasteiger partial charge < -0.3 is 9.55 Å². The average Bonchev–Trinajstić information content (AvgIpc) is 2.79. The molecule has 0 amide bonds. The smallest absolute Gasteiger partial charge is 0.184 e. The maximum absolute atomic E-state index is 14.2. The lowest BCUT2D eigenvalue weighted by Crippen LogP contribution is -2.08. The number of aromatic nitrogens is 2. The minimum atomic E-state index is -0.887. The fraction of sp³-hybridized carbons (Fsp3) is 0.133. The standard InChI is InChI=1S/C15H11BrF2N2S/c1-8(9-3-2-4-10(16)7-9)20-14-12(19-15(20)21)6-5-11(17)13(14)18/h2-8H,1H3,(H,19,21). The topological polar surface area (TPSA) is 20.7 Å². The number of H-pyrrole nitrogens is 1. The number of aromatic amines is 1. The van der Waals surface area contributed by atoms with E-state index in [4.69, 9.17) is 12.2 Å². The molecular formula is C15H11BrF2N2S. The summed E-state index contributed by atoms with van der Waals surface area (Å²) in [5.74, 6) is -1.77. The fourth-order valence-corrected chi connectivity index (χ4v) is 3.21. The maximum atomic E-state index is 14.2. The number of rotatable bonds is 2. The lowest BCUT2D eigenvalue weighted by atomic mass is 10.1. The summed E-state index contributed by atoms with van der Waals surface area (Å²) in [6, 6.07) is 10.0. The van der Waals surface area contributed by atoms with E-state index in [1.807, 2.05) is 31.2 Å². The van der Waals surface area contributed by atoms with Crippen LogP contribution in [0.15, 0.2) is 40.9 Å². The van der Waals surface area contributed by atoms with Crippen molar-refractivity contribution in [3.05, 3.63) is 62.8 Å². The zero-order chi connectivity index (χ0) is 15.1. The van der Waals surface area contributed by atoms with Crippen LogP contribution >= 0.6 is 28.1 Å². The molecule has 0 saturated carbocycles. The van der Waals surface area contributed by atoms with Crippen molar-refractivity contribution in [1.29, 1.82) is 0 Å². The highest BCUT2D eigenvalue weighted by molar-refractivity contribution is 9.10. The van der Waals surface area contributed by atoms with Gasteiger partial charge in [0, 0.05) is 4.47 Å². The van der Waals surface area contributed by atoms with Crippen LogP contribution in [0.25, 0.3) is 11.0 Å². The van der Waals surface area contributed by atoms with Crippen molar-refractivity contribution in [1.82, 2.24) is 9.55 Å². The second kappa shape index (κ2) is 5.35. The molecule has 1 aromatic heterocycles. The quantitative estimate of drug-likeness (QED) is 0.604. The zero-order valence-electron chi connectivity index (χ0n) is 11.0. The van der Waals surface area contributed by atoms with Crippen LogP contribution in [0.1, 0.15) is 18.5 Å². The number of nitrogens with zero attached hydrogens (tertiary/aromatic N) is 1. The molecule has 0 fully saturated rings. The van der Waals surface area contributed by atoms with Gasteiger partial charge in [0.05, 0.1) is 11.6 Å². The minimum Gasteiger partial charge on any atom is -0.330 e. The fourth-order valence-electron chi connectivity index (χ4n) is 2.44. The van der Waals surface area contributed by atoms with Gasteiger partial charge >= 0.3 is 0 Å². The van der Waals surface area contributed by atoms with Crippen LogP contribution in [-0.4, -0.2) is 9.55 Å². The Bertz CT molecular complexity index is 885. The zero-order valence-corrected chi connectivity index (χ0v) is 13.4. The van der Waals surface area contributed by atoms with E-state index >= 15 is 0 Å². The van der Waals surface area contributed by atoms with Gasteiger partial charge in [-0.1, -0.05) is 28.1 Å². The van der Waals surface area contributed by atoms with Gasteiger partial charge in [-0.25, -0.2) is 8.78 Å². The molecule has 6 heteroatoms. The largest absolute Gasteiger partial charge is 0.330 e. The van der Waals surface area contributed by atoms with Crippen molar-refractivity contribution in [3.8, 4) is 0 Å². The molecule has 0 aliphatic rings. The third-order valence-electron chi connectivity index (χ3n) is 3.49. The summed E-state index contributed by atoms with van der Waals surface area (Å²) in [7, 11) is 0. The second-order valence-electron chi connectivity index (χ2n) is 4.79. The molecule has 0 aliphatic heterocycles. The second-order valence-corrected chi connectivity index (χ2v) is 6.09. The van der Waals surface area contributed by atoms with E-state index in [0.717, 1.165) is 16.1 Å². The third-order valence-corrected chi connectivity index (χ3v) is 4.28. The van der Waals surface area contributed by atoms with Gasteiger partial charge in [-0.2, -0.15) is 0 Å². The molecule has 0 radical (unpaired) electrons. The van der Waals surface area contributed by atoms with Crippen molar-refractivity contribution in [2.45, 2.75) is 13.0 Å². The normalized spacial score (nSPS) is 12.8. The number of benzene rings is 2. The van der Waals surface area contributed by atoms with Crippen LogP contribution < -0.4 is 0 Å². The first kappa shape index (κ1) is 14.4. The lowest BCUT2D eigenvalue weighted by Gasteiger charge is -2.16. The molecule has 1 N–H and O–H groups in total. The van der Waals surface area contributed by atoms with Gasteiger partial charge in [-0.3, -0.25) is 0 Å². The summed E-state index contributed by atoms with van der Waals surface area (Å²) in [5.41, 5.74) is 1.60. The van der Waals surface area contributed by atoms with Crippen LogP contribution in [-0.2, 0) is 0 Å². The molecule has 2 aromatic carbocycles. The minimum absolute atomic E-state index is 0.160. The highest BCUT2D eigenvalue weighted by Crippen LogP contribution is 2.28. The van der Waals surface area contributed by atoms with E-state index in [-0.39, 0.29) is 11.6 Å². The predicted octanol–water partition coefficient (Wildman–Crippen LogP) is 5.35. The molecule has 108 valence electrons. The van der Waals surface area contributed by atoms with Gasteiger partial charge in [0.15, 0.2) is 16.4 Å². The van der Waals surface area contributed by atoms with Crippen LogP contribution in [0.2, 0.25) is 0 Å². The first-order valence-corrected chi connectivity index (χ1v) is 7.53. The molecule has 2 nitrogen and oxygen atoms in total. The van der Waals surface area contributed by atoms with E-state index in [9.17, 15) is 8.78 Å². The Hall–Kier alpha value is -1.53. The first-order valence-electron chi connectivity index (χ1n) is 6.32. The van der Waals surface area contributed by atoms with Gasteiger partial charge in [0.1, 0.15) is 5.52 Å². The Kier molecular flexibility index (Phi) is 3.67. The van der Waals surface area contributed by atoms with Crippen LogP contribution in [0.3, 0.4) is 0 Å². The van der Waals surface area contributed by atoms with Gasteiger partial charge in [-0.05, 0) is 49.0 Å². The van der Waals surface area contributed by atoms with Crippen molar-refractivity contribution in [2.24, 2.45) is 0 Å². The highest BCUT2D eigenvalue weighted by atomic mass is 79.9. The van der Waals surface area contributed by atoms with Crippen molar-refractivity contribution >= 4 is 39.2 Å². The highest BCUT2D eigenvalue weighted by Gasteiger charge is 2.18. The average molecular weight is 369 g/mol. The van der Waals surface area contributed by atoms with Gasteiger partial charge in [-0.15, -0.1) is 0 Å². The Morgan fingerprint density at radius 1 is 1.24 bits per heavy atom. The molecule has 0 spiro atoms. The Balaban J connectivity index is 2.27. The van der Waals surface area contributed by atoms with Crippen molar-refractivity contribution in [3.63, 3.8) is 0 Å². The molecule has 21 heavy (non-hydrogen) atoms. The molecule has 3 rings (SSSR count). The van der Waals surface area contributed by atoms with Gasteiger partial charge in [0.2, 0.25) is 0 Å². The van der Waals surface area contributed by atoms with E-state index in [2.05, 4.69) is 20.9 Å². The first-order chi connectivity index (χ1) is 9.99. The summed E-state index contributed by atoms with van der Waals surface area (Å²) in [4.78, 5) is 2.92. The molecule has 0 saturated heterocycles.